The highest BCUT2D eigenvalue weighted by Crippen LogP contribution is 2.21. The summed E-state index contributed by atoms with van der Waals surface area (Å²) in [5, 5.41) is 13.8. The molecule has 18 heavy (non-hydrogen) atoms. The summed E-state index contributed by atoms with van der Waals surface area (Å²) in [6, 6.07) is 4.86. The van der Waals surface area contributed by atoms with E-state index in [0.717, 1.165) is 11.1 Å². The first-order valence-corrected chi connectivity index (χ1v) is 5.41. The molecule has 92 valence electrons. The maximum absolute atomic E-state index is 10.8. The summed E-state index contributed by atoms with van der Waals surface area (Å²) >= 11 is 0. The summed E-state index contributed by atoms with van der Waals surface area (Å²) in [5.41, 5.74) is 2.03. The Hall–Kier alpha value is -2.50. The largest absolute Gasteiger partial charge is 0.360 e. The first-order valence-electron chi connectivity index (χ1n) is 5.41. The van der Waals surface area contributed by atoms with E-state index in [2.05, 4.69) is 15.3 Å². The van der Waals surface area contributed by atoms with Gasteiger partial charge in [-0.2, -0.15) is 0 Å². The standard InChI is InChI=1S/C12H12N4O2/c1-9-4-6-13-7-10(9)8-15-12-11(16(17)18)3-2-5-14-12/h2-7H,8H2,1H3,(H,14,15). The smallest absolute Gasteiger partial charge is 0.311 e. The Morgan fingerprint density at radius 3 is 2.94 bits per heavy atom. The van der Waals surface area contributed by atoms with E-state index in [9.17, 15) is 10.1 Å². The third-order valence-corrected chi connectivity index (χ3v) is 2.58. The number of nitrogens with zero attached hydrogens (tertiary/aromatic N) is 3. The number of nitro groups is 1. The van der Waals surface area contributed by atoms with Gasteiger partial charge in [0.05, 0.1) is 4.92 Å². The predicted molar refractivity (Wildman–Crippen MR) is 67.2 cm³/mol. The molecule has 0 aliphatic carbocycles. The molecule has 2 aromatic heterocycles. The van der Waals surface area contributed by atoms with Crippen LogP contribution < -0.4 is 5.32 Å². The van der Waals surface area contributed by atoms with Crippen LogP contribution in [0.5, 0.6) is 0 Å². The number of hydrogen-bond donors (Lipinski definition) is 1. The molecule has 0 amide bonds. The monoisotopic (exact) mass is 244 g/mol. The Morgan fingerprint density at radius 2 is 2.22 bits per heavy atom. The molecule has 0 aliphatic rings. The van der Waals surface area contributed by atoms with E-state index in [1.54, 1.807) is 18.5 Å². The fourth-order valence-corrected chi connectivity index (χ4v) is 1.54. The minimum absolute atomic E-state index is 0.0287. The van der Waals surface area contributed by atoms with Gasteiger partial charge in [0.25, 0.3) is 0 Å². The van der Waals surface area contributed by atoms with Crippen LogP contribution in [0.1, 0.15) is 11.1 Å². The van der Waals surface area contributed by atoms with E-state index < -0.39 is 4.92 Å². The minimum atomic E-state index is -0.453. The summed E-state index contributed by atoms with van der Waals surface area (Å²) in [6.45, 7) is 2.42. The molecule has 0 aliphatic heterocycles. The highest BCUT2D eigenvalue weighted by atomic mass is 16.6. The molecule has 0 atom stereocenters. The molecule has 0 fully saturated rings. The Labute approximate surface area is 104 Å². The van der Waals surface area contributed by atoms with Gasteiger partial charge in [0, 0.05) is 31.2 Å². The first kappa shape index (κ1) is 12.0. The number of nitrogens with one attached hydrogen (secondary N) is 1. The van der Waals surface area contributed by atoms with E-state index in [0.29, 0.717) is 6.54 Å². The zero-order valence-corrected chi connectivity index (χ0v) is 9.83. The van der Waals surface area contributed by atoms with Crippen LogP contribution in [0, 0.1) is 17.0 Å². The van der Waals surface area contributed by atoms with Crippen LogP contribution in [0.25, 0.3) is 0 Å². The summed E-state index contributed by atoms with van der Waals surface area (Å²) in [4.78, 5) is 18.4. The van der Waals surface area contributed by atoms with E-state index in [1.807, 2.05) is 13.0 Å². The maximum atomic E-state index is 10.8. The lowest BCUT2D eigenvalue weighted by Gasteiger charge is -2.07. The molecule has 0 spiro atoms. The van der Waals surface area contributed by atoms with Gasteiger partial charge in [0.2, 0.25) is 5.82 Å². The molecule has 1 N–H and O–H groups in total. The molecular weight excluding hydrogens is 232 g/mol. The van der Waals surface area contributed by atoms with Crippen LogP contribution in [-0.4, -0.2) is 14.9 Å². The molecule has 0 saturated heterocycles. The van der Waals surface area contributed by atoms with Crippen LogP contribution >= 0.6 is 0 Å². The van der Waals surface area contributed by atoms with E-state index in [1.165, 1.54) is 12.3 Å². The highest BCUT2D eigenvalue weighted by Gasteiger charge is 2.13. The fourth-order valence-electron chi connectivity index (χ4n) is 1.54. The molecule has 0 radical (unpaired) electrons. The molecule has 2 rings (SSSR count). The van der Waals surface area contributed by atoms with Crippen molar-refractivity contribution in [1.29, 1.82) is 0 Å². The minimum Gasteiger partial charge on any atom is -0.360 e. The predicted octanol–water partition coefficient (Wildman–Crippen LogP) is 2.31. The number of rotatable bonds is 4. The second kappa shape index (κ2) is 5.22. The lowest BCUT2D eigenvalue weighted by atomic mass is 10.1. The SMILES string of the molecule is Cc1ccncc1CNc1ncccc1[N+](=O)[O-]. The Bertz CT molecular complexity index is 572. The number of anilines is 1. The van der Waals surface area contributed by atoms with Crippen molar-refractivity contribution in [2.75, 3.05) is 5.32 Å². The van der Waals surface area contributed by atoms with Gasteiger partial charge in [-0.3, -0.25) is 15.1 Å². The van der Waals surface area contributed by atoms with Crippen molar-refractivity contribution < 1.29 is 4.92 Å². The van der Waals surface area contributed by atoms with Crippen molar-refractivity contribution in [1.82, 2.24) is 9.97 Å². The van der Waals surface area contributed by atoms with Crippen LogP contribution in [0.2, 0.25) is 0 Å². The maximum Gasteiger partial charge on any atom is 0.311 e. The van der Waals surface area contributed by atoms with Crippen molar-refractivity contribution in [2.45, 2.75) is 13.5 Å². The van der Waals surface area contributed by atoms with Crippen molar-refractivity contribution >= 4 is 11.5 Å². The van der Waals surface area contributed by atoms with E-state index in [-0.39, 0.29) is 11.5 Å². The normalized spacial score (nSPS) is 10.1. The molecule has 2 heterocycles. The zero-order valence-electron chi connectivity index (χ0n) is 9.83. The van der Waals surface area contributed by atoms with Crippen LogP contribution in [0.4, 0.5) is 11.5 Å². The van der Waals surface area contributed by atoms with Crippen LogP contribution in [0.3, 0.4) is 0 Å². The van der Waals surface area contributed by atoms with Gasteiger partial charge in [0.1, 0.15) is 0 Å². The zero-order chi connectivity index (χ0) is 13.0. The van der Waals surface area contributed by atoms with E-state index in [4.69, 9.17) is 0 Å². The second-order valence-electron chi connectivity index (χ2n) is 3.78. The Balaban J connectivity index is 2.16. The van der Waals surface area contributed by atoms with Crippen molar-refractivity contribution in [2.24, 2.45) is 0 Å². The third kappa shape index (κ3) is 2.60. The van der Waals surface area contributed by atoms with Crippen molar-refractivity contribution in [3.8, 4) is 0 Å². The van der Waals surface area contributed by atoms with Crippen LogP contribution in [0.15, 0.2) is 36.8 Å². The average Bonchev–Trinajstić information content (AvgIpc) is 2.38. The van der Waals surface area contributed by atoms with Crippen molar-refractivity contribution in [3.63, 3.8) is 0 Å². The molecule has 0 unspecified atom stereocenters. The van der Waals surface area contributed by atoms with Gasteiger partial charge in [-0.1, -0.05) is 0 Å². The first-order chi connectivity index (χ1) is 8.68. The molecular formula is C12H12N4O2. The van der Waals surface area contributed by atoms with Gasteiger partial charge >= 0.3 is 5.69 Å². The quantitative estimate of drug-likeness (QED) is 0.659. The third-order valence-electron chi connectivity index (χ3n) is 2.58. The van der Waals surface area contributed by atoms with Gasteiger partial charge < -0.3 is 5.32 Å². The van der Waals surface area contributed by atoms with Gasteiger partial charge in [0.15, 0.2) is 0 Å². The number of aromatic nitrogens is 2. The summed E-state index contributed by atoms with van der Waals surface area (Å²) in [5.74, 6) is 0.269. The molecule has 6 nitrogen and oxygen atoms in total. The Kier molecular flexibility index (Phi) is 3.47. The lowest BCUT2D eigenvalue weighted by Crippen LogP contribution is -2.05. The van der Waals surface area contributed by atoms with E-state index >= 15 is 0 Å². The Morgan fingerprint density at radius 1 is 1.39 bits per heavy atom. The van der Waals surface area contributed by atoms with Crippen LogP contribution in [-0.2, 0) is 6.54 Å². The topological polar surface area (TPSA) is 81.0 Å². The molecule has 2 aromatic rings. The van der Waals surface area contributed by atoms with Gasteiger partial charge in [-0.15, -0.1) is 0 Å². The molecule has 6 heteroatoms. The molecule has 0 bridgehead atoms. The van der Waals surface area contributed by atoms with Crippen molar-refractivity contribution in [3.05, 3.63) is 58.0 Å². The summed E-state index contributed by atoms with van der Waals surface area (Å²) < 4.78 is 0. The highest BCUT2D eigenvalue weighted by molar-refractivity contribution is 5.55. The van der Waals surface area contributed by atoms with Gasteiger partial charge in [-0.05, 0) is 30.2 Å². The molecule has 0 saturated carbocycles. The fraction of sp³-hybridized carbons (Fsp3) is 0.167. The molecule has 0 aromatic carbocycles. The average molecular weight is 244 g/mol. The second-order valence-corrected chi connectivity index (χ2v) is 3.78. The number of pyridine rings is 2. The summed E-state index contributed by atoms with van der Waals surface area (Å²) in [6.07, 6.45) is 4.96. The number of hydrogen-bond acceptors (Lipinski definition) is 5. The van der Waals surface area contributed by atoms with Gasteiger partial charge in [-0.25, -0.2) is 4.98 Å². The summed E-state index contributed by atoms with van der Waals surface area (Å²) in [7, 11) is 0. The lowest BCUT2D eigenvalue weighted by molar-refractivity contribution is -0.384. The number of aryl methyl sites for hydroxylation is 1.